The van der Waals surface area contributed by atoms with Crippen LogP contribution in [0.3, 0.4) is 0 Å². The van der Waals surface area contributed by atoms with E-state index in [1.165, 1.54) is 6.07 Å². The van der Waals surface area contributed by atoms with Crippen LogP contribution >= 0.6 is 15.9 Å². The molecule has 0 amide bonds. The molecule has 0 heterocycles. The Morgan fingerprint density at radius 3 is 2.60 bits per heavy atom. The average molecular weight is 410 g/mol. The number of methoxy groups -OCH3 is 1. The Morgan fingerprint density at radius 1 is 1.16 bits per heavy atom. The summed E-state index contributed by atoms with van der Waals surface area (Å²) in [4.78, 5) is 0. The van der Waals surface area contributed by atoms with Crippen molar-refractivity contribution in [3.05, 3.63) is 57.8 Å². The molecule has 0 fully saturated rings. The summed E-state index contributed by atoms with van der Waals surface area (Å²) in [5.41, 5.74) is 1.49. The zero-order valence-corrected chi connectivity index (χ0v) is 16.5. The van der Waals surface area contributed by atoms with Gasteiger partial charge in [0.15, 0.2) is 11.5 Å². The molecule has 25 heavy (non-hydrogen) atoms. The quantitative estimate of drug-likeness (QED) is 0.569. The fourth-order valence-corrected chi connectivity index (χ4v) is 2.89. The van der Waals surface area contributed by atoms with E-state index in [9.17, 15) is 4.39 Å². The first-order chi connectivity index (χ1) is 12.0. The Bertz CT molecular complexity index is 691. The molecule has 136 valence electrons. The fraction of sp³-hybridized carbons (Fsp3) is 0.400. The molecule has 3 nitrogen and oxygen atoms in total. The van der Waals surface area contributed by atoms with Gasteiger partial charge in [0.1, 0.15) is 12.4 Å². The van der Waals surface area contributed by atoms with Crippen molar-refractivity contribution in [2.24, 2.45) is 5.92 Å². The van der Waals surface area contributed by atoms with E-state index >= 15 is 0 Å². The average Bonchev–Trinajstić information content (AvgIpc) is 2.59. The minimum Gasteiger partial charge on any atom is -0.493 e. The summed E-state index contributed by atoms with van der Waals surface area (Å²) in [6.07, 6.45) is 1.10. The number of benzene rings is 2. The molecule has 0 atom stereocenters. The number of rotatable bonds is 9. The maximum Gasteiger partial charge on any atom is 0.167 e. The van der Waals surface area contributed by atoms with Gasteiger partial charge in [-0.3, -0.25) is 0 Å². The first-order valence-corrected chi connectivity index (χ1v) is 9.24. The highest BCUT2D eigenvalue weighted by Gasteiger charge is 2.15. The molecule has 0 aliphatic carbocycles. The Hall–Kier alpha value is -1.59. The molecule has 0 aliphatic rings. The van der Waals surface area contributed by atoms with Gasteiger partial charge in [0, 0.05) is 22.1 Å². The second kappa shape index (κ2) is 9.78. The molecule has 0 saturated carbocycles. The number of hydrogen-bond acceptors (Lipinski definition) is 3. The van der Waals surface area contributed by atoms with Crippen molar-refractivity contribution in [1.29, 1.82) is 0 Å². The summed E-state index contributed by atoms with van der Waals surface area (Å²) >= 11 is 3.58. The van der Waals surface area contributed by atoms with E-state index in [4.69, 9.17) is 9.47 Å². The van der Waals surface area contributed by atoms with Crippen LogP contribution in [-0.2, 0) is 13.2 Å². The van der Waals surface area contributed by atoms with Gasteiger partial charge in [0.2, 0.25) is 0 Å². The molecular formula is C20H25BrFNO2. The van der Waals surface area contributed by atoms with Crippen LogP contribution in [0.15, 0.2) is 40.9 Å². The normalized spacial score (nSPS) is 11.0. The second-order valence-electron chi connectivity index (χ2n) is 6.30. The molecule has 0 saturated heterocycles. The van der Waals surface area contributed by atoms with Gasteiger partial charge in [-0.2, -0.15) is 0 Å². The topological polar surface area (TPSA) is 30.5 Å². The number of halogens is 2. The zero-order chi connectivity index (χ0) is 18.2. The van der Waals surface area contributed by atoms with Crippen molar-refractivity contribution >= 4 is 15.9 Å². The van der Waals surface area contributed by atoms with Crippen LogP contribution in [0.1, 0.15) is 31.4 Å². The molecule has 5 heteroatoms. The third-order valence-electron chi connectivity index (χ3n) is 3.92. The standard InChI is InChI=1S/C20H25BrFNO2/c1-14(2)10-11-23-12-16-17(21)8-9-19(24-3)20(16)25-13-15-6-4-5-7-18(15)22/h4-9,14,23H,10-13H2,1-3H3. The summed E-state index contributed by atoms with van der Waals surface area (Å²) in [6, 6.07) is 10.4. The molecular weight excluding hydrogens is 385 g/mol. The van der Waals surface area contributed by atoms with Crippen LogP contribution in [0.2, 0.25) is 0 Å². The minimum absolute atomic E-state index is 0.151. The van der Waals surface area contributed by atoms with Crippen molar-refractivity contribution in [2.75, 3.05) is 13.7 Å². The molecule has 2 aromatic carbocycles. The van der Waals surface area contributed by atoms with Crippen molar-refractivity contribution in [3.8, 4) is 11.5 Å². The van der Waals surface area contributed by atoms with Crippen molar-refractivity contribution in [1.82, 2.24) is 5.32 Å². The maximum atomic E-state index is 13.8. The van der Waals surface area contributed by atoms with Crippen LogP contribution in [0.4, 0.5) is 4.39 Å². The first-order valence-electron chi connectivity index (χ1n) is 8.45. The number of ether oxygens (including phenoxy) is 2. The third kappa shape index (κ3) is 5.72. The van der Waals surface area contributed by atoms with Crippen molar-refractivity contribution in [2.45, 2.75) is 33.4 Å². The van der Waals surface area contributed by atoms with Gasteiger partial charge < -0.3 is 14.8 Å². The number of nitrogens with one attached hydrogen (secondary N) is 1. The fourth-order valence-electron chi connectivity index (χ4n) is 2.44. The highest BCUT2D eigenvalue weighted by molar-refractivity contribution is 9.10. The summed E-state index contributed by atoms with van der Waals surface area (Å²) in [7, 11) is 1.61. The van der Waals surface area contributed by atoms with E-state index < -0.39 is 0 Å². The Labute approximate surface area is 157 Å². The molecule has 0 bridgehead atoms. The lowest BCUT2D eigenvalue weighted by molar-refractivity contribution is 0.275. The molecule has 0 aromatic heterocycles. The lowest BCUT2D eigenvalue weighted by Gasteiger charge is -2.17. The largest absolute Gasteiger partial charge is 0.493 e. The Kier molecular flexibility index (Phi) is 7.72. The SMILES string of the molecule is COc1ccc(Br)c(CNCCC(C)C)c1OCc1ccccc1F. The number of hydrogen-bond donors (Lipinski definition) is 1. The van der Waals surface area contributed by atoms with E-state index in [2.05, 4.69) is 35.1 Å². The second-order valence-corrected chi connectivity index (χ2v) is 7.15. The smallest absolute Gasteiger partial charge is 0.167 e. The summed E-state index contributed by atoms with van der Waals surface area (Å²) in [6.45, 7) is 6.13. The van der Waals surface area contributed by atoms with Crippen molar-refractivity contribution in [3.63, 3.8) is 0 Å². The highest BCUT2D eigenvalue weighted by atomic mass is 79.9. The maximum absolute atomic E-state index is 13.8. The van der Waals surface area contributed by atoms with Gasteiger partial charge in [0.05, 0.1) is 7.11 Å². The lowest BCUT2D eigenvalue weighted by atomic mass is 10.1. The molecule has 0 spiro atoms. The molecule has 0 radical (unpaired) electrons. The predicted molar refractivity (Wildman–Crippen MR) is 103 cm³/mol. The van der Waals surface area contributed by atoms with E-state index in [0.717, 1.165) is 23.0 Å². The van der Waals surface area contributed by atoms with Crippen LogP contribution in [-0.4, -0.2) is 13.7 Å². The van der Waals surface area contributed by atoms with E-state index in [0.29, 0.717) is 29.5 Å². The summed E-state index contributed by atoms with van der Waals surface area (Å²) in [5, 5.41) is 3.44. The van der Waals surface area contributed by atoms with Crippen LogP contribution in [0.5, 0.6) is 11.5 Å². The highest BCUT2D eigenvalue weighted by Crippen LogP contribution is 2.36. The molecule has 1 N–H and O–H groups in total. The lowest BCUT2D eigenvalue weighted by Crippen LogP contribution is -2.17. The van der Waals surface area contributed by atoms with Crippen LogP contribution in [0, 0.1) is 11.7 Å². The Balaban J connectivity index is 2.16. The summed E-state index contributed by atoms with van der Waals surface area (Å²) < 4.78 is 26.2. The van der Waals surface area contributed by atoms with Gasteiger partial charge >= 0.3 is 0 Å². The van der Waals surface area contributed by atoms with Gasteiger partial charge in [-0.05, 0) is 37.1 Å². The van der Waals surface area contributed by atoms with Crippen molar-refractivity contribution < 1.29 is 13.9 Å². The van der Waals surface area contributed by atoms with E-state index in [-0.39, 0.29) is 12.4 Å². The summed E-state index contributed by atoms with van der Waals surface area (Å²) in [5.74, 6) is 1.66. The molecule has 2 rings (SSSR count). The first kappa shape index (κ1) is 19.7. The zero-order valence-electron chi connectivity index (χ0n) is 14.9. The van der Waals surface area contributed by atoms with E-state index in [1.807, 2.05) is 12.1 Å². The third-order valence-corrected chi connectivity index (χ3v) is 4.66. The van der Waals surface area contributed by atoms with Gasteiger partial charge in [-0.25, -0.2) is 4.39 Å². The predicted octanol–water partition coefficient (Wildman–Crippen LogP) is 5.31. The van der Waals surface area contributed by atoms with Gasteiger partial charge in [0.25, 0.3) is 0 Å². The van der Waals surface area contributed by atoms with Gasteiger partial charge in [-0.15, -0.1) is 0 Å². The Morgan fingerprint density at radius 2 is 1.92 bits per heavy atom. The monoisotopic (exact) mass is 409 g/mol. The molecule has 0 aliphatic heterocycles. The van der Waals surface area contributed by atoms with Crippen LogP contribution < -0.4 is 14.8 Å². The molecule has 2 aromatic rings. The molecule has 0 unspecified atom stereocenters. The minimum atomic E-state index is -0.270. The van der Waals surface area contributed by atoms with Gasteiger partial charge in [-0.1, -0.05) is 48.0 Å². The van der Waals surface area contributed by atoms with E-state index in [1.54, 1.807) is 25.3 Å². The van der Waals surface area contributed by atoms with Crippen LogP contribution in [0.25, 0.3) is 0 Å².